The molecule has 2 saturated heterocycles. The molecular weight excluding hydrogens is 450 g/mol. The van der Waals surface area contributed by atoms with Gasteiger partial charge < -0.3 is 19.5 Å². The van der Waals surface area contributed by atoms with E-state index in [9.17, 15) is 0 Å². The van der Waals surface area contributed by atoms with Crippen LogP contribution in [-0.2, 0) is 23.3 Å². The first-order chi connectivity index (χ1) is 17.8. The van der Waals surface area contributed by atoms with Gasteiger partial charge in [-0.2, -0.15) is 0 Å². The molecule has 2 aromatic heterocycles. The Kier molecular flexibility index (Phi) is 4.53. The predicted octanol–water partition coefficient (Wildman–Crippen LogP) is 2.76. The Hall–Kier alpha value is -3.33. The van der Waals surface area contributed by atoms with E-state index in [-0.39, 0.29) is 5.54 Å². The zero-order valence-electron chi connectivity index (χ0n) is 20.2. The topological polar surface area (TPSA) is 71.3 Å². The highest BCUT2D eigenvalue weighted by Gasteiger charge is 2.45. The van der Waals surface area contributed by atoms with E-state index in [4.69, 9.17) is 19.7 Å². The van der Waals surface area contributed by atoms with Gasteiger partial charge in [0.2, 0.25) is 5.95 Å². The van der Waals surface area contributed by atoms with Crippen molar-refractivity contribution >= 4 is 17.0 Å². The van der Waals surface area contributed by atoms with Gasteiger partial charge >= 0.3 is 0 Å². The third kappa shape index (κ3) is 3.01. The highest BCUT2D eigenvalue weighted by atomic mass is 16.5. The molecule has 2 aromatic carbocycles. The van der Waals surface area contributed by atoms with Gasteiger partial charge in [0.05, 0.1) is 23.2 Å². The van der Waals surface area contributed by atoms with E-state index in [0.29, 0.717) is 19.3 Å². The van der Waals surface area contributed by atoms with Gasteiger partial charge in [0.25, 0.3) is 0 Å². The van der Waals surface area contributed by atoms with Crippen molar-refractivity contribution in [1.29, 1.82) is 0 Å². The van der Waals surface area contributed by atoms with Crippen molar-refractivity contribution in [2.75, 3.05) is 44.4 Å². The normalized spacial score (nSPS) is 25.3. The zero-order chi connectivity index (χ0) is 23.7. The first-order valence-electron chi connectivity index (χ1n) is 13.0. The van der Waals surface area contributed by atoms with Crippen LogP contribution in [0.15, 0.2) is 54.9 Å². The number of anilines is 1. The lowest BCUT2D eigenvalue weighted by atomic mass is 9.90. The van der Waals surface area contributed by atoms with Crippen molar-refractivity contribution in [3.8, 4) is 11.1 Å². The summed E-state index contributed by atoms with van der Waals surface area (Å²) in [6, 6.07) is 15.9. The summed E-state index contributed by atoms with van der Waals surface area (Å²) in [5, 5.41) is 3.47. The Morgan fingerprint density at radius 3 is 2.89 bits per heavy atom. The first kappa shape index (κ1) is 20.8. The van der Waals surface area contributed by atoms with Crippen LogP contribution < -0.4 is 10.2 Å². The van der Waals surface area contributed by atoms with Gasteiger partial charge in [-0.1, -0.05) is 30.3 Å². The molecule has 3 aliphatic heterocycles. The standard InChI is InChI=1S/C28H29N7O/c1-2-4-23-19(3-1)7-8-28(23)17-36-16-26-32-24-6-5-20(11-25(24)35(26)28)21-12-30-27(31-13-21)33-9-10-34-18-29-14-22(34)15-33/h1-6,11-13,22,29H,7-10,14-18H2. The number of rotatable bonds is 2. The Morgan fingerprint density at radius 1 is 1.03 bits per heavy atom. The van der Waals surface area contributed by atoms with Gasteiger partial charge in [-0.15, -0.1) is 0 Å². The average Bonchev–Trinajstić information content (AvgIpc) is 3.65. The van der Waals surface area contributed by atoms with E-state index in [1.165, 1.54) is 11.1 Å². The van der Waals surface area contributed by atoms with Crippen molar-refractivity contribution in [2.45, 2.75) is 31.0 Å². The van der Waals surface area contributed by atoms with Gasteiger partial charge in [0, 0.05) is 56.8 Å². The van der Waals surface area contributed by atoms with Crippen LogP contribution in [0.1, 0.15) is 23.4 Å². The fraction of sp³-hybridized carbons (Fsp3) is 0.393. The molecule has 2 fully saturated rings. The molecule has 1 N–H and O–H groups in total. The molecule has 1 aliphatic carbocycles. The molecule has 8 heteroatoms. The zero-order valence-corrected chi connectivity index (χ0v) is 20.2. The maximum absolute atomic E-state index is 6.12. The second kappa shape index (κ2) is 7.83. The fourth-order valence-electron chi connectivity index (χ4n) is 6.79. The summed E-state index contributed by atoms with van der Waals surface area (Å²) >= 11 is 0. The molecule has 182 valence electrons. The number of imidazole rings is 1. The summed E-state index contributed by atoms with van der Waals surface area (Å²) in [4.78, 5) is 19.4. The monoisotopic (exact) mass is 479 g/mol. The SMILES string of the molecule is c1ccc2c(c1)CCC21COCc2nc3ccc(-c4cnc(N5CCN6CNCC6C5)nc4)cc3n21. The minimum absolute atomic E-state index is 0.185. The van der Waals surface area contributed by atoms with Crippen LogP contribution in [-0.4, -0.2) is 69.9 Å². The van der Waals surface area contributed by atoms with E-state index >= 15 is 0 Å². The van der Waals surface area contributed by atoms with Gasteiger partial charge in [-0.25, -0.2) is 15.0 Å². The first-order valence-corrected chi connectivity index (χ1v) is 13.0. The van der Waals surface area contributed by atoms with Crippen molar-refractivity contribution < 1.29 is 4.74 Å². The van der Waals surface area contributed by atoms with Crippen LogP contribution in [0.3, 0.4) is 0 Å². The van der Waals surface area contributed by atoms with Gasteiger partial charge in [0.1, 0.15) is 12.4 Å². The molecule has 0 bridgehead atoms. The molecule has 8 nitrogen and oxygen atoms in total. The van der Waals surface area contributed by atoms with Crippen molar-refractivity contribution in [3.63, 3.8) is 0 Å². The lowest BCUT2D eigenvalue weighted by Gasteiger charge is -2.37. The average molecular weight is 480 g/mol. The molecule has 0 saturated carbocycles. The number of ether oxygens (including phenoxy) is 1. The van der Waals surface area contributed by atoms with E-state index in [0.717, 1.165) is 79.6 Å². The Labute approximate surface area is 209 Å². The molecule has 5 heterocycles. The maximum atomic E-state index is 6.12. The van der Waals surface area contributed by atoms with Crippen LogP contribution in [0, 0.1) is 0 Å². The van der Waals surface area contributed by atoms with Gasteiger partial charge in [0.15, 0.2) is 0 Å². The number of nitrogens with zero attached hydrogens (tertiary/aromatic N) is 6. The van der Waals surface area contributed by atoms with Crippen LogP contribution in [0.5, 0.6) is 0 Å². The summed E-state index contributed by atoms with van der Waals surface area (Å²) in [7, 11) is 0. The van der Waals surface area contributed by atoms with E-state index in [2.05, 4.69) is 62.1 Å². The third-order valence-corrected chi connectivity index (χ3v) is 8.60. The van der Waals surface area contributed by atoms with E-state index in [1.54, 1.807) is 0 Å². The minimum Gasteiger partial charge on any atom is -0.371 e. The fourth-order valence-corrected chi connectivity index (χ4v) is 6.79. The van der Waals surface area contributed by atoms with Crippen molar-refractivity contribution in [1.82, 2.24) is 29.7 Å². The number of aromatic nitrogens is 4. The van der Waals surface area contributed by atoms with Crippen LogP contribution in [0.2, 0.25) is 0 Å². The highest BCUT2D eigenvalue weighted by Crippen LogP contribution is 2.45. The van der Waals surface area contributed by atoms with Crippen molar-refractivity contribution in [2.24, 2.45) is 0 Å². The molecule has 2 atom stereocenters. The van der Waals surface area contributed by atoms with E-state index in [1.807, 2.05) is 12.4 Å². The van der Waals surface area contributed by atoms with E-state index < -0.39 is 0 Å². The summed E-state index contributed by atoms with van der Waals surface area (Å²) in [5.41, 5.74) is 6.95. The predicted molar refractivity (Wildman–Crippen MR) is 138 cm³/mol. The Morgan fingerprint density at radius 2 is 1.94 bits per heavy atom. The lowest BCUT2D eigenvalue weighted by Crippen LogP contribution is -2.51. The molecule has 4 aliphatic rings. The molecule has 4 aromatic rings. The summed E-state index contributed by atoms with van der Waals surface area (Å²) < 4.78 is 8.58. The molecule has 0 radical (unpaired) electrons. The number of fused-ring (bicyclic) bond motifs is 7. The molecule has 8 rings (SSSR count). The quantitative estimate of drug-likeness (QED) is 0.474. The van der Waals surface area contributed by atoms with Crippen LogP contribution in [0.25, 0.3) is 22.2 Å². The molecule has 36 heavy (non-hydrogen) atoms. The molecular formula is C28H29N7O. The second-order valence-electron chi connectivity index (χ2n) is 10.5. The molecule has 1 spiro atoms. The third-order valence-electron chi connectivity index (χ3n) is 8.60. The Bertz CT molecular complexity index is 1460. The largest absolute Gasteiger partial charge is 0.371 e. The van der Waals surface area contributed by atoms with Crippen LogP contribution >= 0.6 is 0 Å². The summed E-state index contributed by atoms with van der Waals surface area (Å²) in [5.74, 6) is 1.84. The number of hydrogen-bond acceptors (Lipinski definition) is 7. The van der Waals surface area contributed by atoms with Crippen LogP contribution in [0.4, 0.5) is 5.95 Å². The summed E-state index contributed by atoms with van der Waals surface area (Å²) in [6.07, 6.45) is 6.05. The maximum Gasteiger partial charge on any atom is 0.225 e. The number of hydrogen-bond donors (Lipinski definition) is 1. The molecule has 2 unspecified atom stereocenters. The second-order valence-corrected chi connectivity index (χ2v) is 10.5. The van der Waals surface area contributed by atoms with Gasteiger partial charge in [-0.05, 0) is 41.7 Å². The van der Waals surface area contributed by atoms with Crippen molar-refractivity contribution in [3.05, 3.63) is 71.8 Å². The summed E-state index contributed by atoms with van der Waals surface area (Å²) in [6.45, 7) is 6.28. The smallest absolute Gasteiger partial charge is 0.225 e. The highest BCUT2D eigenvalue weighted by molar-refractivity contribution is 5.83. The molecule has 0 amide bonds. The van der Waals surface area contributed by atoms with Gasteiger partial charge in [-0.3, -0.25) is 4.90 Å². The number of benzene rings is 2. The lowest BCUT2D eigenvalue weighted by molar-refractivity contribution is 0.0227. The number of piperazine rings is 1. The Balaban J connectivity index is 1.16. The minimum atomic E-state index is -0.185. The number of aryl methyl sites for hydroxylation is 1. The number of nitrogens with one attached hydrogen (secondary N) is 1.